The van der Waals surface area contributed by atoms with Crippen molar-refractivity contribution >= 4 is 63.3 Å². The van der Waals surface area contributed by atoms with Crippen LogP contribution in [-0.4, -0.2) is 31.3 Å². The molecule has 8 nitrogen and oxygen atoms in total. The molecule has 0 atom stereocenters. The number of para-hydroxylation sites is 1. The summed E-state index contributed by atoms with van der Waals surface area (Å²) in [5, 5.41) is 3.55. The summed E-state index contributed by atoms with van der Waals surface area (Å²) in [6, 6.07) is 9.85. The number of rotatable bonds is 4. The van der Waals surface area contributed by atoms with Gasteiger partial charge in [-0.2, -0.15) is 0 Å². The van der Waals surface area contributed by atoms with Gasteiger partial charge in [0.15, 0.2) is 5.69 Å². The summed E-state index contributed by atoms with van der Waals surface area (Å²) < 4.78 is 1.29. The SMILES string of the molecule is NC(=O)c1c(C(=O)Nc2c(Cl)cccc2Cl)ncn1-c1nc2ccc(Cl)cc2[nH]1. The maximum Gasteiger partial charge on any atom is 0.276 e. The Morgan fingerprint density at radius 3 is 2.52 bits per heavy atom. The molecule has 0 saturated heterocycles. The van der Waals surface area contributed by atoms with Crippen molar-refractivity contribution in [2.75, 3.05) is 5.32 Å². The third-order valence-corrected chi connectivity index (χ3v) is 4.94. The van der Waals surface area contributed by atoms with E-state index in [0.29, 0.717) is 16.1 Å². The molecule has 4 N–H and O–H groups in total. The standard InChI is InChI=1S/C18H11Cl3N6O2/c19-8-4-5-11-12(6-8)25-18(24-11)27-7-23-14(15(27)16(22)28)17(29)26-13-9(20)2-1-3-10(13)21/h1-7H,(H2,22,28)(H,24,25)(H,26,29). The molecule has 4 rings (SSSR count). The van der Waals surface area contributed by atoms with Gasteiger partial charge in [0, 0.05) is 5.02 Å². The zero-order valence-electron chi connectivity index (χ0n) is 14.4. The number of carbonyl (C=O) groups is 2. The number of amides is 2. The van der Waals surface area contributed by atoms with Gasteiger partial charge in [0.1, 0.15) is 12.0 Å². The van der Waals surface area contributed by atoms with Gasteiger partial charge in [0.25, 0.3) is 11.8 Å². The molecule has 11 heteroatoms. The lowest BCUT2D eigenvalue weighted by Crippen LogP contribution is -2.23. The maximum atomic E-state index is 12.7. The number of nitrogens with zero attached hydrogens (tertiary/aromatic N) is 3. The minimum absolute atomic E-state index is 0.157. The molecule has 146 valence electrons. The van der Waals surface area contributed by atoms with Gasteiger partial charge < -0.3 is 16.0 Å². The molecule has 0 unspecified atom stereocenters. The van der Waals surface area contributed by atoms with E-state index in [1.807, 2.05) is 0 Å². The molecule has 0 aliphatic rings. The van der Waals surface area contributed by atoms with Gasteiger partial charge in [-0.1, -0.05) is 40.9 Å². The van der Waals surface area contributed by atoms with E-state index in [1.165, 1.54) is 10.9 Å². The fourth-order valence-corrected chi connectivity index (χ4v) is 3.45. The van der Waals surface area contributed by atoms with Crippen LogP contribution < -0.4 is 11.1 Å². The fraction of sp³-hybridized carbons (Fsp3) is 0. The average Bonchev–Trinajstić information content (AvgIpc) is 3.28. The van der Waals surface area contributed by atoms with Crippen molar-refractivity contribution in [3.8, 4) is 5.95 Å². The highest BCUT2D eigenvalue weighted by molar-refractivity contribution is 6.40. The molecule has 2 amide bonds. The first-order chi connectivity index (χ1) is 13.8. The predicted molar refractivity (Wildman–Crippen MR) is 111 cm³/mol. The summed E-state index contributed by atoms with van der Waals surface area (Å²) in [6.45, 7) is 0. The topological polar surface area (TPSA) is 119 Å². The van der Waals surface area contributed by atoms with E-state index in [4.69, 9.17) is 40.5 Å². The molecule has 2 heterocycles. The summed E-state index contributed by atoms with van der Waals surface area (Å²) in [7, 11) is 0. The predicted octanol–water partition coefficient (Wildman–Crippen LogP) is 4.06. The number of H-pyrrole nitrogens is 1. The zero-order valence-corrected chi connectivity index (χ0v) is 16.7. The number of primary amides is 1. The Morgan fingerprint density at radius 2 is 1.83 bits per heavy atom. The molecule has 2 aromatic heterocycles. The second-order valence-corrected chi connectivity index (χ2v) is 7.20. The molecule has 0 aliphatic heterocycles. The van der Waals surface area contributed by atoms with Crippen LogP contribution in [0.5, 0.6) is 0 Å². The van der Waals surface area contributed by atoms with Crippen molar-refractivity contribution < 1.29 is 9.59 Å². The normalized spacial score (nSPS) is 11.0. The first kappa shape index (κ1) is 19.3. The molecular formula is C18H11Cl3N6O2. The molecule has 2 aromatic carbocycles. The van der Waals surface area contributed by atoms with E-state index >= 15 is 0 Å². The lowest BCUT2D eigenvalue weighted by atomic mass is 10.2. The third-order valence-electron chi connectivity index (χ3n) is 4.08. The Kier molecular flexibility index (Phi) is 4.91. The second-order valence-electron chi connectivity index (χ2n) is 5.95. The number of halogens is 3. The molecule has 0 spiro atoms. The van der Waals surface area contributed by atoms with E-state index < -0.39 is 11.8 Å². The van der Waals surface area contributed by atoms with Crippen molar-refractivity contribution in [3.63, 3.8) is 0 Å². The number of aromatic amines is 1. The fourth-order valence-electron chi connectivity index (χ4n) is 2.78. The van der Waals surface area contributed by atoms with Crippen molar-refractivity contribution in [1.82, 2.24) is 19.5 Å². The van der Waals surface area contributed by atoms with Crippen LogP contribution >= 0.6 is 34.8 Å². The minimum Gasteiger partial charge on any atom is -0.364 e. The van der Waals surface area contributed by atoms with Crippen molar-refractivity contribution in [2.24, 2.45) is 5.73 Å². The highest BCUT2D eigenvalue weighted by Crippen LogP contribution is 2.30. The summed E-state index contributed by atoms with van der Waals surface area (Å²) in [5.41, 5.74) is 6.61. The Labute approximate surface area is 178 Å². The van der Waals surface area contributed by atoms with E-state index in [9.17, 15) is 9.59 Å². The van der Waals surface area contributed by atoms with Crippen molar-refractivity contribution in [2.45, 2.75) is 0 Å². The van der Waals surface area contributed by atoms with Crippen LogP contribution in [0.25, 0.3) is 17.0 Å². The first-order valence-electron chi connectivity index (χ1n) is 8.13. The summed E-state index contributed by atoms with van der Waals surface area (Å²) in [5.74, 6) is -1.32. The molecule has 0 fully saturated rings. The van der Waals surface area contributed by atoms with Crippen LogP contribution in [0.2, 0.25) is 15.1 Å². The average molecular weight is 450 g/mol. The second kappa shape index (κ2) is 7.40. The smallest absolute Gasteiger partial charge is 0.276 e. The molecule has 0 aliphatic carbocycles. The van der Waals surface area contributed by atoms with Crippen molar-refractivity contribution in [1.29, 1.82) is 0 Å². The van der Waals surface area contributed by atoms with Crippen molar-refractivity contribution in [3.05, 3.63) is 69.2 Å². The van der Waals surface area contributed by atoms with E-state index in [2.05, 4.69) is 20.3 Å². The number of nitrogens with one attached hydrogen (secondary N) is 2. The lowest BCUT2D eigenvalue weighted by molar-refractivity contribution is 0.0970. The number of aromatic nitrogens is 4. The van der Waals surface area contributed by atoms with Crippen LogP contribution in [0.4, 0.5) is 5.69 Å². The number of carbonyl (C=O) groups excluding carboxylic acids is 2. The first-order valence-corrected chi connectivity index (χ1v) is 9.26. The number of hydrogen-bond acceptors (Lipinski definition) is 4. The summed E-state index contributed by atoms with van der Waals surface area (Å²) in [4.78, 5) is 36.3. The highest BCUT2D eigenvalue weighted by atomic mass is 35.5. The number of fused-ring (bicyclic) bond motifs is 1. The van der Waals surface area contributed by atoms with Gasteiger partial charge in [-0.05, 0) is 30.3 Å². The zero-order chi connectivity index (χ0) is 20.7. The van der Waals surface area contributed by atoms with E-state index in [0.717, 1.165) is 0 Å². The monoisotopic (exact) mass is 448 g/mol. The number of benzene rings is 2. The van der Waals surface area contributed by atoms with Crippen LogP contribution in [-0.2, 0) is 0 Å². The maximum absolute atomic E-state index is 12.7. The highest BCUT2D eigenvalue weighted by Gasteiger charge is 2.25. The lowest BCUT2D eigenvalue weighted by Gasteiger charge is -2.09. The number of nitrogens with two attached hydrogens (primary N) is 1. The molecule has 29 heavy (non-hydrogen) atoms. The quantitative estimate of drug-likeness (QED) is 0.435. The largest absolute Gasteiger partial charge is 0.364 e. The molecular weight excluding hydrogens is 439 g/mol. The summed E-state index contributed by atoms with van der Waals surface area (Å²) in [6.07, 6.45) is 1.27. The van der Waals surface area contributed by atoms with E-state index in [1.54, 1.807) is 36.4 Å². The Balaban J connectivity index is 1.76. The number of anilines is 1. The Hall–Kier alpha value is -3.07. The van der Waals surface area contributed by atoms with Gasteiger partial charge >= 0.3 is 0 Å². The van der Waals surface area contributed by atoms with Crippen LogP contribution in [0.3, 0.4) is 0 Å². The summed E-state index contributed by atoms with van der Waals surface area (Å²) >= 11 is 18.1. The molecule has 0 saturated carbocycles. The number of hydrogen-bond donors (Lipinski definition) is 3. The third kappa shape index (κ3) is 3.53. The molecule has 0 bridgehead atoms. The van der Waals surface area contributed by atoms with Crippen LogP contribution in [0.15, 0.2) is 42.7 Å². The van der Waals surface area contributed by atoms with Gasteiger partial charge in [-0.25, -0.2) is 9.97 Å². The van der Waals surface area contributed by atoms with Gasteiger partial charge in [-0.15, -0.1) is 0 Å². The number of imidazole rings is 2. The van der Waals surface area contributed by atoms with Crippen LogP contribution in [0.1, 0.15) is 21.0 Å². The Bertz CT molecular complexity index is 1260. The van der Waals surface area contributed by atoms with E-state index in [-0.39, 0.29) is 33.1 Å². The van der Waals surface area contributed by atoms with Crippen LogP contribution in [0, 0.1) is 0 Å². The van der Waals surface area contributed by atoms with Gasteiger partial charge in [0.05, 0.1) is 26.8 Å². The minimum atomic E-state index is -0.864. The Morgan fingerprint density at radius 1 is 1.10 bits per heavy atom. The molecule has 0 radical (unpaired) electrons. The van der Waals surface area contributed by atoms with Gasteiger partial charge in [-0.3, -0.25) is 14.2 Å². The molecule has 4 aromatic rings. The van der Waals surface area contributed by atoms with Gasteiger partial charge in [0.2, 0.25) is 5.95 Å².